The molecular formula is C15H21ClO2. The Hall–Kier alpha value is -1.02. The summed E-state index contributed by atoms with van der Waals surface area (Å²) in [6, 6.07) is 7.43. The first kappa shape index (κ1) is 15.0. The average Bonchev–Trinajstić information content (AvgIpc) is 2.22. The second-order valence-corrected chi connectivity index (χ2v) is 6.40. The molecule has 0 saturated carbocycles. The highest BCUT2D eigenvalue weighted by atomic mass is 35.5. The standard InChI is InChI=1S/C15H21ClO2/c1-15(2,3)8-7-12(14(17)18)9-11-5-4-6-13(16)10-11/h4-6,10,12H,7-9H2,1-3H3,(H,17,18). The van der Waals surface area contributed by atoms with E-state index < -0.39 is 5.97 Å². The fourth-order valence-corrected chi connectivity index (χ4v) is 2.08. The number of aliphatic carboxylic acids is 1. The number of hydrogen-bond donors (Lipinski definition) is 1. The summed E-state index contributed by atoms with van der Waals surface area (Å²) in [6.07, 6.45) is 2.15. The molecule has 0 aromatic heterocycles. The van der Waals surface area contributed by atoms with Crippen molar-refractivity contribution in [2.75, 3.05) is 0 Å². The molecule has 0 heterocycles. The van der Waals surface area contributed by atoms with Gasteiger partial charge in [0.2, 0.25) is 0 Å². The molecule has 0 amide bonds. The van der Waals surface area contributed by atoms with Gasteiger partial charge in [0.25, 0.3) is 0 Å². The highest BCUT2D eigenvalue weighted by Gasteiger charge is 2.21. The third kappa shape index (κ3) is 5.54. The Balaban J connectivity index is 2.66. The van der Waals surface area contributed by atoms with E-state index in [0.29, 0.717) is 17.9 Å². The van der Waals surface area contributed by atoms with E-state index in [1.54, 1.807) is 6.07 Å². The highest BCUT2D eigenvalue weighted by Crippen LogP contribution is 2.26. The molecule has 0 aliphatic rings. The first-order valence-corrected chi connectivity index (χ1v) is 6.63. The monoisotopic (exact) mass is 268 g/mol. The van der Waals surface area contributed by atoms with E-state index in [4.69, 9.17) is 11.6 Å². The molecular weight excluding hydrogens is 248 g/mol. The SMILES string of the molecule is CC(C)(C)CCC(Cc1cccc(Cl)c1)C(=O)O. The predicted octanol–water partition coefficient (Wildman–Crippen LogP) is 4.41. The Morgan fingerprint density at radius 1 is 1.39 bits per heavy atom. The number of benzene rings is 1. The molecule has 1 N–H and O–H groups in total. The van der Waals surface area contributed by atoms with Gasteiger partial charge in [-0.05, 0) is 42.4 Å². The molecule has 3 heteroatoms. The van der Waals surface area contributed by atoms with Gasteiger partial charge in [0.1, 0.15) is 0 Å². The zero-order chi connectivity index (χ0) is 13.8. The largest absolute Gasteiger partial charge is 0.481 e. The maximum atomic E-state index is 11.3. The molecule has 100 valence electrons. The number of rotatable bonds is 5. The summed E-state index contributed by atoms with van der Waals surface area (Å²) in [4.78, 5) is 11.3. The van der Waals surface area contributed by atoms with Crippen LogP contribution in [-0.2, 0) is 11.2 Å². The zero-order valence-electron chi connectivity index (χ0n) is 11.2. The van der Waals surface area contributed by atoms with Crippen LogP contribution in [-0.4, -0.2) is 11.1 Å². The van der Waals surface area contributed by atoms with Crippen molar-refractivity contribution in [1.29, 1.82) is 0 Å². The van der Waals surface area contributed by atoms with Crippen LogP contribution < -0.4 is 0 Å². The molecule has 0 radical (unpaired) electrons. The molecule has 0 spiro atoms. The number of halogens is 1. The van der Waals surface area contributed by atoms with Crippen molar-refractivity contribution in [1.82, 2.24) is 0 Å². The summed E-state index contributed by atoms with van der Waals surface area (Å²) >= 11 is 5.91. The summed E-state index contributed by atoms with van der Waals surface area (Å²) in [5, 5.41) is 9.93. The fourth-order valence-electron chi connectivity index (χ4n) is 1.87. The van der Waals surface area contributed by atoms with Gasteiger partial charge in [-0.15, -0.1) is 0 Å². The van der Waals surface area contributed by atoms with Crippen LogP contribution in [0.15, 0.2) is 24.3 Å². The maximum absolute atomic E-state index is 11.3. The van der Waals surface area contributed by atoms with E-state index in [1.165, 1.54) is 0 Å². The molecule has 0 fully saturated rings. The maximum Gasteiger partial charge on any atom is 0.306 e. The minimum Gasteiger partial charge on any atom is -0.481 e. The molecule has 1 aromatic rings. The molecule has 1 atom stereocenters. The Labute approximate surface area is 114 Å². The first-order valence-electron chi connectivity index (χ1n) is 6.25. The van der Waals surface area contributed by atoms with Crippen molar-refractivity contribution in [3.05, 3.63) is 34.9 Å². The quantitative estimate of drug-likeness (QED) is 0.859. The van der Waals surface area contributed by atoms with Crippen LogP contribution in [0.5, 0.6) is 0 Å². The molecule has 0 aliphatic heterocycles. The fraction of sp³-hybridized carbons (Fsp3) is 0.533. The molecule has 0 bridgehead atoms. The predicted molar refractivity (Wildman–Crippen MR) is 75.0 cm³/mol. The lowest BCUT2D eigenvalue weighted by Crippen LogP contribution is -2.19. The van der Waals surface area contributed by atoms with E-state index >= 15 is 0 Å². The molecule has 1 unspecified atom stereocenters. The summed E-state index contributed by atoms with van der Waals surface area (Å²) in [5.74, 6) is -1.05. The van der Waals surface area contributed by atoms with Gasteiger partial charge < -0.3 is 5.11 Å². The number of carboxylic acids is 1. The van der Waals surface area contributed by atoms with Crippen molar-refractivity contribution in [2.45, 2.75) is 40.0 Å². The van der Waals surface area contributed by atoms with Crippen LogP contribution in [0, 0.1) is 11.3 Å². The van der Waals surface area contributed by atoms with Crippen molar-refractivity contribution in [3.63, 3.8) is 0 Å². The molecule has 1 rings (SSSR count). The van der Waals surface area contributed by atoms with Gasteiger partial charge in [0.15, 0.2) is 0 Å². The van der Waals surface area contributed by atoms with E-state index in [2.05, 4.69) is 20.8 Å². The van der Waals surface area contributed by atoms with Crippen LogP contribution >= 0.6 is 11.6 Å². The lowest BCUT2D eigenvalue weighted by atomic mass is 9.85. The van der Waals surface area contributed by atoms with Crippen LogP contribution in [0.25, 0.3) is 0 Å². The van der Waals surface area contributed by atoms with E-state index in [-0.39, 0.29) is 11.3 Å². The zero-order valence-corrected chi connectivity index (χ0v) is 12.0. The van der Waals surface area contributed by atoms with Gasteiger partial charge >= 0.3 is 5.97 Å². The summed E-state index contributed by atoms with van der Waals surface area (Å²) in [6.45, 7) is 6.39. The van der Waals surface area contributed by atoms with Crippen molar-refractivity contribution in [3.8, 4) is 0 Å². The Morgan fingerprint density at radius 3 is 2.56 bits per heavy atom. The minimum atomic E-state index is -0.723. The number of hydrogen-bond acceptors (Lipinski definition) is 1. The van der Waals surface area contributed by atoms with Gasteiger partial charge in [-0.3, -0.25) is 4.79 Å². The van der Waals surface area contributed by atoms with Gasteiger partial charge in [0.05, 0.1) is 5.92 Å². The van der Waals surface area contributed by atoms with Crippen molar-refractivity contribution >= 4 is 17.6 Å². The Kier molecular flexibility index (Phi) is 5.21. The second-order valence-electron chi connectivity index (χ2n) is 5.97. The van der Waals surface area contributed by atoms with Gasteiger partial charge in [0, 0.05) is 5.02 Å². The lowest BCUT2D eigenvalue weighted by molar-refractivity contribution is -0.142. The average molecular weight is 269 g/mol. The van der Waals surface area contributed by atoms with Crippen molar-refractivity contribution in [2.24, 2.45) is 11.3 Å². The van der Waals surface area contributed by atoms with E-state index in [0.717, 1.165) is 12.0 Å². The van der Waals surface area contributed by atoms with Gasteiger partial charge in [-0.25, -0.2) is 0 Å². The van der Waals surface area contributed by atoms with Gasteiger partial charge in [-0.2, -0.15) is 0 Å². The lowest BCUT2D eigenvalue weighted by Gasteiger charge is -2.21. The third-order valence-corrected chi connectivity index (χ3v) is 3.20. The van der Waals surface area contributed by atoms with Crippen LogP contribution in [0.3, 0.4) is 0 Å². The first-order chi connectivity index (χ1) is 8.28. The summed E-state index contributed by atoms with van der Waals surface area (Å²) in [7, 11) is 0. The summed E-state index contributed by atoms with van der Waals surface area (Å²) in [5.41, 5.74) is 1.16. The summed E-state index contributed by atoms with van der Waals surface area (Å²) < 4.78 is 0. The van der Waals surface area contributed by atoms with Crippen molar-refractivity contribution < 1.29 is 9.90 Å². The van der Waals surface area contributed by atoms with Crippen LogP contribution in [0.4, 0.5) is 0 Å². The molecule has 2 nitrogen and oxygen atoms in total. The van der Waals surface area contributed by atoms with Crippen LogP contribution in [0.2, 0.25) is 5.02 Å². The third-order valence-electron chi connectivity index (χ3n) is 2.96. The number of carboxylic acid groups (broad SMARTS) is 1. The Bertz CT molecular complexity index is 407. The normalized spacial score (nSPS) is 13.3. The van der Waals surface area contributed by atoms with E-state index in [1.807, 2.05) is 18.2 Å². The van der Waals surface area contributed by atoms with E-state index in [9.17, 15) is 9.90 Å². The number of carbonyl (C=O) groups is 1. The second kappa shape index (κ2) is 6.24. The van der Waals surface area contributed by atoms with Crippen LogP contribution in [0.1, 0.15) is 39.2 Å². The molecule has 0 saturated heterocycles. The minimum absolute atomic E-state index is 0.169. The molecule has 1 aromatic carbocycles. The highest BCUT2D eigenvalue weighted by molar-refractivity contribution is 6.30. The van der Waals surface area contributed by atoms with Gasteiger partial charge in [-0.1, -0.05) is 44.5 Å². The molecule has 18 heavy (non-hydrogen) atoms. The smallest absolute Gasteiger partial charge is 0.306 e. The topological polar surface area (TPSA) is 37.3 Å². The Morgan fingerprint density at radius 2 is 2.06 bits per heavy atom. The molecule has 0 aliphatic carbocycles.